The van der Waals surface area contributed by atoms with Crippen molar-refractivity contribution in [1.82, 2.24) is 9.88 Å². The zero-order valence-corrected chi connectivity index (χ0v) is 28.0. The molecule has 0 saturated carbocycles. The van der Waals surface area contributed by atoms with E-state index in [0.717, 1.165) is 22.5 Å². The van der Waals surface area contributed by atoms with Gasteiger partial charge in [0.1, 0.15) is 0 Å². The molecule has 7 aromatic carbocycles. The van der Waals surface area contributed by atoms with Crippen LogP contribution in [0, 0.1) is 5.41 Å². The first kappa shape index (κ1) is 28.8. The maximum atomic E-state index is 8.78. The van der Waals surface area contributed by atoms with Gasteiger partial charge < -0.3 is 15.3 Å². The number of thiophene rings is 1. The van der Waals surface area contributed by atoms with Gasteiger partial charge in [0, 0.05) is 48.7 Å². The molecule has 0 aliphatic heterocycles. The van der Waals surface area contributed by atoms with E-state index < -0.39 is 0 Å². The molecule has 0 radical (unpaired) electrons. The first-order valence-electron chi connectivity index (χ1n) is 17.0. The highest BCUT2D eigenvalue weighted by molar-refractivity contribution is 7.25. The summed E-state index contributed by atoms with van der Waals surface area (Å²) in [7, 11) is 0. The zero-order valence-electron chi connectivity index (χ0n) is 27.2. The standard InChI is InChI=1S/C46H31N3S/c47-39-15-7-5-14-37(39)46(32-21-26-43-38(27-32)36-13-6-8-16-42(36)50-43)48-28-29-17-22-33(23-18-29)49-40-24-19-30-9-1-3-11-34(30)44(40)45-35-12-4-2-10-31(35)20-25-41(45)49/h1-27,47-48H,28H2/b46-37-,47-39?. The van der Waals surface area contributed by atoms with Gasteiger partial charge in [0.2, 0.25) is 0 Å². The van der Waals surface area contributed by atoms with E-state index in [4.69, 9.17) is 5.41 Å². The van der Waals surface area contributed by atoms with Gasteiger partial charge >= 0.3 is 0 Å². The molecular weight excluding hydrogens is 627 g/mol. The summed E-state index contributed by atoms with van der Waals surface area (Å²) in [5.74, 6) is 0. The van der Waals surface area contributed by atoms with Crippen molar-refractivity contribution >= 4 is 86.3 Å². The molecule has 0 amide bonds. The van der Waals surface area contributed by atoms with Gasteiger partial charge in [-0.2, -0.15) is 0 Å². The fraction of sp³-hybridized carbons (Fsp3) is 0.0217. The monoisotopic (exact) mass is 657 g/mol. The van der Waals surface area contributed by atoms with E-state index in [1.54, 1.807) is 0 Å². The van der Waals surface area contributed by atoms with Crippen molar-refractivity contribution in [1.29, 1.82) is 5.41 Å². The molecule has 0 unspecified atom stereocenters. The van der Waals surface area contributed by atoms with Crippen LogP contribution in [0.5, 0.6) is 0 Å². The summed E-state index contributed by atoms with van der Waals surface area (Å²) in [6.45, 7) is 0.634. The number of nitrogens with zero attached hydrogens (tertiary/aromatic N) is 1. The molecule has 50 heavy (non-hydrogen) atoms. The smallest absolute Gasteiger partial charge is 0.0633 e. The number of allylic oxidation sites excluding steroid dienone is 5. The van der Waals surface area contributed by atoms with Gasteiger partial charge in [-0.05, 0) is 81.2 Å². The van der Waals surface area contributed by atoms with Crippen molar-refractivity contribution < 1.29 is 0 Å². The van der Waals surface area contributed by atoms with Crippen LogP contribution >= 0.6 is 11.3 Å². The summed E-state index contributed by atoms with van der Waals surface area (Å²) in [4.78, 5) is 0. The van der Waals surface area contributed by atoms with E-state index in [9.17, 15) is 0 Å². The van der Waals surface area contributed by atoms with Gasteiger partial charge in [0.25, 0.3) is 0 Å². The molecule has 3 nitrogen and oxygen atoms in total. The molecule has 0 bridgehead atoms. The molecule has 236 valence electrons. The molecule has 4 heteroatoms. The summed E-state index contributed by atoms with van der Waals surface area (Å²) in [6.07, 6.45) is 7.85. The van der Waals surface area contributed by atoms with Crippen LogP contribution in [-0.2, 0) is 6.54 Å². The molecule has 0 atom stereocenters. The Morgan fingerprint density at radius 1 is 0.580 bits per heavy atom. The number of rotatable bonds is 5. The molecule has 2 heterocycles. The van der Waals surface area contributed by atoms with Crippen LogP contribution in [-0.4, -0.2) is 10.3 Å². The SMILES string of the molecule is N=C1C=CC=C/C1=C(/NCc1ccc(-n2c3ccc4ccccc4c3c3c4ccccc4ccc32)cc1)c1ccc2sc3ccccc3c2c1. The van der Waals surface area contributed by atoms with Crippen molar-refractivity contribution in [3.05, 3.63) is 181 Å². The average molecular weight is 658 g/mol. The number of benzene rings is 7. The van der Waals surface area contributed by atoms with E-state index in [2.05, 4.69) is 149 Å². The van der Waals surface area contributed by atoms with Crippen LogP contribution in [0.15, 0.2) is 169 Å². The van der Waals surface area contributed by atoms with Gasteiger partial charge in [-0.3, -0.25) is 0 Å². The van der Waals surface area contributed by atoms with Crippen molar-refractivity contribution in [3.8, 4) is 5.69 Å². The van der Waals surface area contributed by atoms with Crippen LogP contribution in [0.2, 0.25) is 0 Å². The Balaban J connectivity index is 1.05. The maximum Gasteiger partial charge on any atom is 0.0633 e. The van der Waals surface area contributed by atoms with Crippen molar-refractivity contribution in [2.45, 2.75) is 6.54 Å². The minimum absolute atomic E-state index is 0.507. The second kappa shape index (κ2) is 11.4. The van der Waals surface area contributed by atoms with E-state index >= 15 is 0 Å². The Hall–Kier alpha value is -6.23. The van der Waals surface area contributed by atoms with Crippen molar-refractivity contribution in [3.63, 3.8) is 0 Å². The summed E-state index contributed by atoms with van der Waals surface area (Å²) in [6, 6.07) is 50.7. The summed E-state index contributed by atoms with van der Waals surface area (Å²) in [5.41, 5.74) is 8.18. The van der Waals surface area contributed by atoms with Crippen LogP contribution in [0.3, 0.4) is 0 Å². The van der Waals surface area contributed by atoms with Gasteiger partial charge in [0.15, 0.2) is 0 Å². The van der Waals surface area contributed by atoms with Crippen LogP contribution in [0.1, 0.15) is 11.1 Å². The summed E-state index contributed by atoms with van der Waals surface area (Å²) >= 11 is 1.82. The highest BCUT2D eigenvalue weighted by Gasteiger charge is 2.18. The van der Waals surface area contributed by atoms with Crippen molar-refractivity contribution in [2.24, 2.45) is 0 Å². The first-order valence-corrected chi connectivity index (χ1v) is 17.8. The highest BCUT2D eigenvalue weighted by Crippen LogP contribution is 2.41. The summed E-state index contributed by atoms with van der Waals surface area (Å²) < 4.78 is 4.98. The first-order chi connectivity index (χ1) is 24.7. The second-order valence-corrected chi connectivity index (χ2v) is 14.0. The largest absolute Gasteiger partial charge is 0.380 e. The lowest BCUT2D eigenvalue weighted by molar-refractivity contribution is 0.887. The normalized spacial score (nSPS) is 14.2. The fourth-order valence-corrected chi connectivity index (χ4v) is 8.80. The van der Waals surface area contributed by atoms with E-state index in [0.29, 0.717) is 12.3 Å². The molecule has 0 fully saturated rings. The molecule has 0 spiro atoms. The molecule has 10 rings (SSSR count). The molecule has 2 N–H and O–H groups in total. The molecule has 0 saturated heterocycles. The number of nitrogens with one attached hydrogen (secondary N) is 2. The van der Waals surface area contributed by atoms with Gasteiger partial charge in [0.05, 0.1) is 22.4 Å². The number of hydrogen-bond donors (Lipinski definition) is 2. The predicted molar refractivity (Wildman–Crippen MR) is 215 cm³/mol. The van der Waals surface area contributed by atoms with Crippen LogP contribution in [0.4, 0.5) is 0 Å². The minimum Gasteiger partial charge on any atom is -0.380 e. The Bertz CT molecular complexity index is 2840. The van der Waals surface area contributed by atoms with E-state index in [1.165, 1.54) is 69.1 Å². The van der Waals surface area contributed by atoms with Gasteiger partial charge in [-0.25, -0.2) is 0 Å². The topological polar surface area (TPSA) is 40.8 Å². The highest BCUT2D eigenvalue weighted by atomic mass is 32.1. The van der Waals surface area contributed by atoms with Gasteiger partial charge in [-0.1, -0.05) is 115 Å². The quantitative estimate of drug-likeness (QED) is 0.190. The lowest BCUT2D eigenvalue weighted by atomic mass is 9.97. The minimum atomic E-state index is 0.507. The maximum absolute atomic E-state index is 8.78. The zero-order chi connectivity index (χ0) is 33.2. The number of aromatic nitrogens is 1. The Labute approximate surface area is 293 Å². The third-order valence-electron chi connectivity index (χ3n) is 10.1. The summed E-state index contributed by atoms with van der Waals surface area (Å²) in [5, 5.41) is 22.7. The van der Waals surface area contributed by atoms with E-state index in [1.807, 2.05) is 35.6 Å². The molecule has 1 aliphatic rings. The predicted octanol–water partition coefficient (Wildman–Crippen LogP) is 12.1. The Morgan fingerprint density at radius 2 is 1.20 bits per heavy atom. The Morgan fingerprint density at radius 3 is 1.90 bits per heavy atom. The number of fused-ring (bicyclic) bond motifs is 10. The van der Waals surface area contributed by atoms with Crippen molar-refractivity contribution in [2.75, 3.05) is 0 Å². The molecular formula is C46H31N3S. The fourth-order valence-electron chi connectivity index (χ4n) is 7.71. The lowest BCUT2D eigenvalue weighted by Crippen LogP contribution is -2.17. The van der Waals surface area contributed by atoms with Gasteiger partial charge in [-0.15, -0.1) is 11.3 Å². The lowest BCUT2D eigenvalue weighted by Gasteiger charge is -2.18. The van der Waals surface area contributed by atoms with Crippen LogP contribution < -0.4 is 5.32 Å². The second-order valence-electron chi connectivity index (χ2n) is 12.9. The molecule has 2 aromatic heterocycles. The number of hydrogen-bond acceptors (Lipinski definition) is 3. The Kier molecular flexibility index (Phi) is 6.58. The molecule has 1 aliphatic carbocycles. The molecule has 9 aromatic rings. The van der Waals surface area contributed by atoms with Crippen LogP contribution in [0.25, 0.3) is 74.9 Å². The third kappa shape index (κ3) is 4.53. The third-order valence-corrected chi connectivity index (χ3v) is 11.2. The average Bonchev–Trinajstić information content (AvgIpc) is 3.72. The van der Waals surface area contributed by atoms with E-state index in [-0.39, 0.29) is 0 Å².